The van der Waals surface area contributed by atoms with E-state index in [-0.39, 0.29) is 11.9 Å². The van der Waals surface area contributed by atoms with Crippen LogP contribution in [0.1, 0.15) is 25.7 Å². The molecule has 1 rings (SSSR count). The summed E-state index contributed by atoms with van der Waals surface area (Å²) in [5.41, 5.74) is 0. The van der Waals surface area contributed by atoms with E-state index in [1.807, 2.05) is 0 Å². The molecule has 0 aromatic rings. The summed E-state index contributed by atoms with van der Waals surface area (Å²) in [6, 6.07) is 0. The summed E-state index contributed by atoms with van der Waals surface area (Å²) in [7, 11) is 0. The molecule has 0 aromatic carbocycles. The highest BCUT2D eigenvalue weighted by molar-refractivity contribution is 5.81. The van der Waals surface area contributed by atoms with Gasteiger partial charge in [0.25, 0.3) is 0 Å². The summed E-state index contributed by atoms with van der Waals surface area (Å²) in [6.45, 7) is 7.57. The van der Waals surface area contributed by atoms with Crippen LogP contribution in [0.4, 0.5) is 0 Å². The molecule has 2 unspecified atom stereocenters. The second-order valence-corrected chi connectivity index (χ2v) is 4.57. The number of hydrogen-bond acceptors (Lipinski definition) is 4. The highest BCUT2D eigenvalue weighted by Gasteiger charge is 2.23. The molecule has 0 saturated heterocycles. The molecule has 2 atom stereocenters. The molecule has 0 bridgehead atoms. The maximum absolute atomic E-state index is 11.0. The van der Waals surface area contributed by atoms with Gasteiger partial charge in [-0.1, -0.05) is 19.6 Å². The van der Waals surface area contributed by atoms with Crippen molar-refractivity contribution in [2.24, 2.45) is 11.8 Å². The standard InChI is InChI=1S/C14H20O4/c1-3-13(15)17-9-11-6-5-7-12(8-11)10-18-14(16)4-2/h3-4,11-12H,1-2,5-10H2. The lowest BCUT2D eigenvalue weighted by Crippen LogP contribution is -2.24. The topological polar surface area (TPSA) is 52.6 Å². The second-order valence-electron chi connectivity index (χ2n) is 4.57. The van der Waals surface area contributed by atoms with Crippen LogP contribution in [0.5, 0.6) is 0 Å². The number of esters is 2. The van der Waals surface area contributed by atoms with Crippen LogP contribution >= 0.6 is 0 Å². The Balaban J connectivity index is 2.27. The largest absolute Gasteiger partial charge is 0.462 e. The zero-order valence-corrected chi connectivity index (χ0v) is 10.6. The predicted octanol–water partition coefficient (Wildman–Crippen LogP) is 2.25. The van der Waals surface area contributed by atoms with Crippen LogP contribution in [0.3, 0.4) is 0 Å². The number of carbonyl (C=O) groups excluding carboxylic acids is 2. The molecule has 0 radical (unpaired) electrons. The van der Waals surface area contributed by atoms with E-state index in [1.165, 1.54) is 12.2 Å². The first-order chi connectivity index (χ1) is 8.65. The van der Waals surface area contributed by atoms with Gasteiger partial charge in [-0.2, -0.15) is 0 Å². The van der Waals surface area contributed by atoms with Gasteiger partial charge >= 0.3 is 11.9 Å². The van der Waals surface area contributed by atoms with E-state index in [0.29, 0.717) is 25.0 Å². The molecule has 1 fully saturated rings. The van der Waals surface area contributed by atoms with Gasteiger partial charge in [0.2, 0.25) is 0 Å². The maximum atomic E-state index is 11.0. The first kappa shape index (κ1) is 14.5. The van der Waals surface area contributed by atoms with Crippen LogP contribution in [0, 0.1) is 11.8 Å². The molecule has 0 heterocycles. The van der Waals surface area contributed by atoms with Crippen molar-refractivity contribution in [3.05, 3.63) is 25.3 Å². The van der Waals surface area contributed by atoms with Gasteiger partial charge in [-0.3, -0.25) is 0 Å². The Hall–Kier alpha value is -1.58. The third-order valence-electron chi connectivity index (χ3n) is 3.15. The van der Waals surface area contributed by atoms with E-state index < -0.39 is 0 Å². The third kappa shape index (κ3) is 5.17. The maximum Gasteiger partial charge on any atom is 0.330 e. The van der Waals surface area contributed by atoms with Gasteiger partial charge in [0, 0.05) is 12.2 Å². The number of hydrogen-bond donors (Lipinski definition) is 0. The predicted molar refractivity (Wildman–Crippen MR) is 67.8 cm³/mol. The lowest BCUT2D eigenvalue weighted by Gasteiger charge is -2.28. The first-order valence-electron chi connectivity index (χ1n) is 6.24. The summed E-state index contributed by atoms with van der Waals surface area (Å²) in [6.07, 6.45) is 6.45. The van der Waals surface area contributed by atoms with E-state index in [9.17, 15) is 9.59 Å². The summed E-state index contributed by atoms with van der Waals surface area (Å²) >= 11 is 0. The Kier molecular flexibility index (Phi) is 6.19. The third-order valence-corrected chi connectivity index (χ3v) is 3.15. The van der Waals surface area contributed by atoms with Gasteiger partial charge in [0.15, 0.2) is 0 Å². The van der Waals surface area contributed by atoms with E-state index >= 15 is 0 Å². The Morgan fingerprint density at radius 2 is 1.44 bits per heavy atom. The molecule has 0 N–H and O–H groups in total. The first-order valence-corrected chi connectivity index (χ1v) is 6.24. The smallest absolute Gasteiger partial charge is 0.330 e. The van der Waals surface area contributed by atoms with Gasteiger partial charge < -0.3 is 9.47 Å². The number of ether oxygens (including phenoxy) is 2. The minimum Gasteiger partial charge on any atom is -0.462 e. The summed E-state index contributed by atoms with van der Waals surface area (Å²) in [5.74, 6) is -0.0458. The zero-order valence-electron chi connectivity index (χ0n) is 10.6. The lowest BCUT2D eigenvalue weighted by atomic mass is 9.82. The average molecular weight is 252 g/mol. The molecule has 1 saturated carbocycles. The molecule has 0 amide bonds. The fourth-order valence-corrected chi connectivity index (χ4v) is 2.22. The SMILES string of the molecule is C=CC(=O)OCC1CCCC(COC(=O)C=C)C1. The fourth-order valence-electron chi connectivity index (χ4n) is 2.22. The molecule has 4 nitrogen and oxygen atoms in total. The molecule has 0 aromatic heterocycles. The van der Waals surface area contributed by atoms with Crippen LogP contribution < -0.4 is 0 Å². The number of rotatable bonds is 6. The van der Waals surface area contributed by atoms with E-state index in [4.69, 9.17) is 9.47 Å². The van der Waals surface area contributed by atoms with E-state index in [2.05, 4.69) is 13.2 Å². The number of carbonyl (C=O) groups is 2. The second kappa shape index (κ2) is 7.69. The van der Waals surface area contributed by atoms with Crippen molar-refractivity contribution in [2.45, 2.75) is 25.7 Å². The fraction of sp³-hybridized carbons (Fsp3) is 0.571. The average Bonchev–Trinajstić information content (AvgIpc) is 2.42. The Labute approximate surface area is 108 Å². The molecular weight excluding hydrogens is 232 g/mol. The van der Waals surface area contributed by atoms with Crippen molar-refractivity contribution >= 4 is 11.9 Å². The van der Waals surface area contributed by atoms with Crippen molar-refractivity contribution in [1.29, 1.82) is 0 Å². The molecule has 4 heteroatoms. The van der Waals surface area contributed by atoms with Crippen molar-refractivity contribution in [2.75, 3.05) is 13.2 Å². The molecule has 1 aliphatic rings. The highest BCUT2D eigenvalue weighted by atomic mass is 16.5. The summed E-state index contributed by atoms with van der Waals surface area (Å²) < 4.78 is 10.1. The summed E-state index contributed by atoms with van der Waals surface area (Å²) in [4.78, 5) is 21.9. The molecular formula is C14H20O4. The van der Waals surface area contributed by atoms with Crippen LogP contribution in [0.2, 0.25) is 0 Å². The van der Waals surface area contributed by atoms with Crippen LogP contribution in [0.25, 0.3) is 0 Å². The normalized spacial score (nSPS) is 22.9. The van der Waals surface area contributed by atoms with Crippen molar-refractivity contribution in [3.63, 3.8) is 0 Å². The van der Waals surface area contributed by atoms with Gasteiger partial charge in [0.05, 0.1) is 13.2 Å². The minimum absolute atomic E-state index is 0.357. The molecule has 0 aliphatic heterocycles. The van der Waals surface area contributed by atoms with Crippen LogP contribution in [0.15, 0.2) is 25.3 Å². The summed E-state index contributed by atoms with van der Waals surface area (Å²) in [5, 5.41) is 0. The quantitative estimate of drug-likeness (QED) is 0.537. The lowest BCUT2D eigenvalue weighted by molar-refractivity contribution is -0.140. The van der Waals surface area contributed by atoms with E-state index in [1.54, 1.807) is 0 Å². The zero-order chi connectivity index (χ0) is 13.4. The van der Waals surface area contributed by atoms with E-state index in [0.717, 1.165) is 25.7 Å². The Morgan fingerprint density at radius 1 is 1.00 bits per heavy atom. The Morgan fingerprint density at radius 3 is 1.83 bits per heavy atom. The van der Waals surface area contributed by atoms with Crippen LogP contribution in [-0.4, -0.2) is 25.2 Å². The van der Waals surface area contributed by atoms with Crippen LogP contribution in [-0.2, 0) is 19.1 Å². The molecule has 1 aliphatic carbocycles. The molecule has 100 valence electrons. The van der Waals surface area contributed by atoms with Gasteiger partial charge in [0.1, 0.15) is 0 Å². The Bertz CT molecular complexity index is 292. The molecule has 0 spiro atoms. The van der Waals surface area contributed by atoms with Crippen molar-refractivity contribution in [3.8, 4) is 0 Å². The van der Waals surface area contributed by atoms with Crippen molar-refractivity contribution < 1.29 is 19.1 Å². The highest BCUT2D eigenvalue weighted by Crippen LogP contribution is 2.29. The van der Waals surface area contributed by atoms with Gasteiger partial charge in [-0.15, -0.1) is 0 Å². The monoisotopic (exact) mass is 252 g/mol. The van der Waals surface area contributed by atoms with Crippen molar-refractivity contribution in [1.82, 2.24) is 0 Å². The van der Waals surface area contributed by atoms with Gasteiger partial charge in [-0.25, -0.2) is 9.59 Å². The van der Waals surface area contributed by atoms with Gasteiger partial charge in [-0.05, 0) is 31.1 Å². The minimum atomic E-state index is -0.379. The molecule has 18 heavy (non-hydrogen) atoms.